The standard InChI is InChI=1S/C9H12BrF2NS/c1-5-7(10)3-6(14-5)4-9(2,13)8(11)12/h3,8H,4,13H2,1-2H3. The van der Waals surface area contributed by atoms with Crippen molar-refractivity contribution in [2.24, 2.45) is 5.73 Å². The minimum Gasteiger partial charge on any atom is -0.320 e. The summed E-state index contributed by atoms with van der Waals surface area (Å²) in [5.74, 6) is 0. The van der Waals surface area contributed by atoms with E-state index in [4.69, 9.17) is 5.73 Å². The van der Waals surface area contributed by atoms with Crippen LogP contribution in [0.25, 0.3) is 0 Å². The van der Waals surface area contributed by atoms with Crippen LogP contribution in [0.1, 0.15) is 16.7 Å². The van der Waals surface area contributed by atoms with Gasteiger partial charge in [-0.2, -0.15) is 0 Å². The fourth-order valence-corrected chi connectivity index (χ4v) is 2.84. The molecule has 0 saturated carbocycles. The van der Waals surface area contributed by atoms with Gasteiger partial charge in [0, 0.05) is 20.6 Å². The summed E-state index contributed by atoms with van der Waals surface area (Å²) >= 11 is 4.84. The van der Waals surface area contributed by atoms with Gasteiger partial charge in [-0.15, -0.1) is 11.3 Å². The van der Waals surface area contributed by atoms with Crippen molar-refractivity contribution in [2.75, 3.05) is 0 Å². The molecule has 1 unspecified atom stereocenters. The largest absolute Gasteiger partial charge is 0.320 e. The summed E-state index contributed by atoms with van der Waals surface area (Å²) in [6.07, 6.45) is -2.29. The van der Waals surface area contributed by atoms with Gasteiger partial charge < -0.3 is 5.73 Å². The van der Waals surface area contributed by atoms with E-state index in [1.807, 2.05) is 13.0 Å². The minimum absolute atomic E-state index is 0.210. The van der Waals surface area contributed by atoms with Gasteiger partial charge in [0.15, 0.2) is 0 Å². The molecule has 0 bridgehead atoms. The summed E-state index contributed by atoms with van der Waals surface area (Å²) in [6.45, 7) is 3.31. The molecular weight excluding hydrogens is 272 g/mol. The zero-order valence-corrected chi connectivity index (χ0v) is 10.4. The molecule has 0 fully saturated rings. The van der Waals surface area contributed by atoms with Crippen molar-refractivity contribution in [2.45, 2.75) is 32.2 Å². The molecule has 2 N–H and O–H groups in total. The first-order valence-electron chi connectivity index (χ1n) is 4.15. The fourth-order valence-electron chi connectivity index (χ4n) is 1.06. The van der Waals surface area contributed by atoms with Gasteiger partial charge in [-0.25, -0.2) is 8.78 Å². The Kier molecular flexibility index (Phi) is 3.66. The molecule has 1 aromatic rings. The predicted molar refractivity (Wildman–Crippen MR) is 59.1 cm³/mol. The highest BCUT2D eigenvalue weighted by Crippen LogP contribution is 2.29. The number of hydrogen-bond acceptors (Lipinski definition) is 2. The van der Waals surface area contributed by atoms with Gasteiger partial charge in [0.05, 0.1) is 5.54 Å². The van der Waals surface area contributed by atoms with Crippen LogP contribution in [0, 0.1) is 6.92 Å². The molecule has 0 radical (unpaired) electrons. The summed E-state index contributed by atoms with van der Waals surface area (Å²) in [6, 6.07) is 1.85. The monoisotopic (exact) mass is 283 g/mol. The van der Waals surface area contributed by atoms with E-state index in [1.54, 1.807) is 0 Å². The number of hydrogen-bond donors (Lipinski definition) is 1. The Hall–Kier alpha value is -0.0000000000000000555. The van der Waals surface area contributed by atoms with E-state index in [0.29, 0.717) is 0 Å². The van der Waals surface area contributed by atoms with Gasteiger partial charge in [-0.3, -0.25) is 0 Å². The van der Waals surface area contributed by atoms with Crippen molar-refractivity contribution < 1.29 is 8.78 Å². The lowest BCUT2D eigenvalue weighted by atomic mass is 9.99. The summed E-state index contributed by atoms with van der Waals surface area (Å²) in [4.78, 5) is 1.98. The molecule has 80 valence electrons. The molecule has 14 heavy (non-hydrogen) atoms. The molecule has 1 atom stereocenters. The number of aryl methyl sites for hydroxylation is 1. The van der Waals surface area contributed by atoms with Gasteiger partial charge in [-0.1, -0.05) is 0 Å². The average Bonchev–Trinajstić information content (AvgIpc) is 2.29. The quantitative estimate of drug-likeness (QED) is 0.905. The van der Waals surface area contributed by atoms with Crippen LogP contribution in [-0.2, 0) is 6.42 Å². The van der Waals surface area contributed by atoms with Crippen molar-refractivity contribution in [3.05, 3.63) is 20.3 Å². The minimum atomic E-state index is -2.50. The van der Waals surface area contributed by atoms with Crippen LogP contribution < -0.4 is 5.73 Å². The third kappa shape index (κ3) is 2.74. The second-order valence-corrected chi connectivity index (χ2v) is 5.80. The summed E-state index contributed by atoms with van der Waals surface area (Å²) in [5, 5.41) is 0. The molecule has 0 aliphatic carbocycles. The van der Waals surface area contributed by atoms with E-state index in [-0.39, 0.29) is 6.42 Å². The maximum Gasteiger partial charge on any atom is 0.256 e. The lowest BCUT2D eigenvalue weighted by Gasteiger charge is -2.22. The zero-order valence-electron chi connectivity index (χ0n) is 7.98. The van der Waals surface area contributed by atoms with E-state index < -0.39 is 12.0 Å². The van der Waals surface area contributed by atoms with Crippen LogP contribution in [0.15, 0.2) is 10.5 Å². The maximum atomic E-state index is 12.5. The van der Waals surface area contributed by atoms with Gasteiger partial charge in [0.25, 0.3) is 6.43 Å². The molecule has 0 aromatic carbocycles. The van der Waals surface area contributed by atoms with Gasteiger partial charge in [0.2, 0.25) is 0 Å². The number of nitrogens with two attached hydrogens (primary N) is 1. The Morgan fingerprint density at radius 3 is 2.57 bits per heavy atom. The Bertz CT molecular complexity index is 303. The molecule has 1 rings (SSSR count). The lowest BCUT2D eigenvalue weighted by Crippen LogP contribution is -2.45. The lowest BCUT2D eigenvalue weighted by molar-refractivity contribution is 0.0644. The SMILES string of the molecule is Cc1sc(CC(C)(N)C(F)F)cc1Br. The Morgan fingerprint density at radius 1 is 1.64 bits per heavy atom. The summed E-state index contributed by atoms with van der Waals surface area (Å²) < 4.78 is 25.9. The van der Waals surface area contributed by atoms with Crippen LogP contribution in [0.4, 0.5) is 8.78 Å². The first-order chi connectivity index (χ1) is 6.33. The number of rotatable bonds is 3. The van der Waals surface area contributed by atoms with Crippen molar-refractivity contribution >= 4 is 27.3 Å². The first-order valence-corrected chi connectivity index (χ1v) is 5.75. The van der Waals surface area contributed by atoms with E-state index in [1.165, 1.54) is 18.3 Å². The third-order valence-electron chi connectivity index (χ3n) is 1.96. The van der Waals surface area contributed by atoms with Crippen LogP contribution in [0.5, 0.6) is 0 Å². The maximum absolute atomic E-state index is 12.5. The van der Waals surface area contributed by atoms with Crippen LogP contribution >= 0.6 is 27.3 Å². The fraction of sp³-hybridized carbons (Fsp3) is 0.556. The van der Waals surface area contributed by atoms with E-state index in [9.17, 15) is 8.78 Å². The molecule has 0 amide bonds. The first kappa shape index (κ1) is 12.1. The van der Waals surface area contributed by atoms with E-state index in [0.717, 1.165) is 14.2 Å². The second kappa shape index (κ2) is 4.24. The van der Waals surface area contributed by atoms with Gasteiger partial charge >= 0.3 is 0 Å². The Labute approximate surface area is 94.4 Å². The second-order valence-electron chi connectivity index (χ2n) is 3.60. The molecule has 1 nitrogen and oxygen atoms in total. The Morgan fingerprint density at radius 2 is 2.21 bits per heavy atom. The average molecular weight is 284 g/mol. The third-order valence-corrected chi connectivity index (χ3v) is 4.10. The summed E-state index contributed by atoms with van der Waals surface area (Å²) in [5.41, 5.74) is 4.06. The predicted octanol–water partition coefficient (Wildman–Crippen LogP) is 3.34. The van der Waals surface area contributed by atoms with Gasteiger partial charge in [-0.05, 0) is 35.8 Å². The molecule has 1 aromatic heterocycles. The highest BCUT2D eigenvalue weighted by molar-refractivity contribution is 9.10. The van der Waals surface area contributed by atoms with Crippen LogP contribution in [0.2, 0.25) is 0 Å². The highest BCUT2D eigenvalue weighted by Gasteiger charge is 2.31. The summed E-state index contributed by atoms with van der Waals surface area (Å²) in [7, 11) is 0. The molecule has 0 aliphatic heterocycles. The number of thiophene rings is 1. The molecule has 0 saturated heterocycles. The normalized spacial score (nSPS) is 15.9. The van der Waals surface area contributed by atoms with Crippen LogP contribution in [0.3, 0.4) is 0 Å². The number of alkyl halides is 2. The Balaban J connectivity index is 2.78. The zero-order chi connectivity index (χ0) is 10.9. The smallest absolute Gasteiger partial charge is 0.256 e. The van der Waals surface area contributed by atoms with E-state index in [2.05, 4.69) is 15.9 Å². The van der Waals surface area contributed by atoms with Gasteiger partial charge in [0.1, 0.15) is 0 Å². The van der Waals surface area contributed by atoms with Crippen LogP contribution in [-0.4, -0.2) is 12.0 Å². The molecule has 0 spiro atoms. The van der Waals surface area contributed by atoms with Crippen molar-refractivity contribution in [3.8, 4) is 0 Å². The molecule has 1 heterocycles. The van der Waals surface area contributed by atoms with Crippen molar-refractivity contribution in [1.29, 1.82) is 0 Å². The van der Waals surface area contributed by atoms with E-state index >= 15 is 0 Å². The highest BCUT2D eigenvalue weighted by atomic mass is 79.9. The van der Waals surface area contributed by atoms with Crippen molar-refractivity contribution in [3.63, 3.8) is 0 Å². The number of halogens is 3. The molecule has 0 aliphatic rings. The molecular formula is C9H12BrF2NS. The topological polar surface area (TPSA) is 26.0 Å². The van der Waals surface area contributed by atoms with Crippen molar-refractivity contribution in [1.82, 2.24) is 0 Å². The molecule has 5 heteroatoms.